The van der Waals surface area contributed by atoms with Crippen LogP contribution in [0.3, 0.4) is 0 Å². The molecule has 0 radical (unpaired) electrons. The molecule has 0 bridgehead atoms. The predicted octanol–water partition coefficient (Wildman–Crippen LogP) is 1.67. The monoisotopic (exact) mass is 221 g/mol. The van der Waals surface area contributed by atoms with Crippen LogP contribution in [0.2, 0.25) is 0 Å². The van der Waals surface area contributed by atoms with Gasteiger partial charge in [-0.3, -0.25) is 4.79 Å². The van der Waals surface area contributed by atoms with Crippen molar-refractivity contribution < 1.29 is 14.3 Å². The number of H-pyrrole nitrogens is 1. The number of rotatable bonds is 1. The number of hydrogen-bond donors (Lipinski definition) is 2. The Morgan fingerprint density at radius 1 is 1.44 bits per heavy atom. The number of carbonyl (C=O) groups is 1. The van der Waals surface area contributed by atoms with Gasteiger partial charge in [-0.25, -0.2) is 9.18 Å². The maximum atomic E-state index is 12.9. The standard InChI is InChI=1S/C11H8FNO3/c1-5-9(11(15)16)13-8-3-2-6(12)4-7(8)10(5)14/h2-4H,1H3,(H,13,14)(H,15,16). The van der Waals surface area contributed by atoms with Gasteiger partial charge in [-0.1, -0.05) is 0 Å². The maximum Gasteiger partial charge on any atom is 0.352 e. The van der Waals surface area contributed by atoms with E-state index in [0.29, 0.717) is 5.52 Å². The highest BCUT2D eigenvalue weighted by Gasteiger charge is 2.13. The summed E-state index contributed by atoms with van der Waals surface area (Å²) in [4.78, 5) is 25.2. The molecule has 0 atom stereocenters. The number of aromatic nitrogens is 1. The molecule has 1 aromatic carbocycles. The number of aromatic carboxylic acids is 1. The van der Waals surface area contributed by atoms with Crippen molar-refractivity contribution in [2.45, 2.75) is 6.92 Å². The van der Waals surface area contributed by atoms with E-state index < -0.39 is 17.2 Å². The Bertz CT molecular complexity index is 645. The van der Waals surface area contributed by atoms with Gasteiger partial charge in [0.25, 0.3) is 0 Å². The molecular formula is C11H8FNO3. The van der Waals surface area contributed by atoms with E-state index in [1.807, 2.05) is 0 Å². The Hall–Kier alpha value is -2.17. The van der Waals surface area contributed by atoms with Gasteiger partial charge in [0, 0.05) is 10.9 Å². The third kappa shape index (κ3) is 1.46. The zero-order valence-corrected chi connectivity index (χ0v) is 8.37. The Balaban J connectivity index is 2.94. The van der Waals surface area contributed by atoms with Gasteiger partial charge in [0.05, 0.1) is 5.52 Å². The summed E-state index contributed by atoms with van der Waals surface area (Å²) < 4.78 is 12.9. The van der Waals surface area contributed by atoms with Crippen LogP contribution in [0.25, 0.3) is 10.9 Å². The third-order valence-corrected chi connectivity index (χ3v) is 2.42. The minimum atomic E-state index is -1.21. The number of fused-ring (bicyclic) bond motifs is 1. The Morgan fingerprint density at radius 3 is 2.75 bits per heavy atom. The fourth-order valence-corrected chi connectivity index (χ4v) is 1.57. The van der Waals surface area contributed by atoms with Crippen molar-refractivity contribution in [3.63, 3.8) is 0 Å². The van der Waals surface area contributed by atoms with Crippen LogP contribution in [0.1, 0.15) is 16.1 Å². The van der Waals surface area contributed by atoms with Crippen molar-refractivity contribution in [1.82, 2.24) is 4.98 Å². The van der Waals surface area contributed by atoms with E-state index in [1.54, 1.807) is 0 Å². The molecule has 4 nitrogen and oxygen atoms in total. The molecule has 0 aliphatic heterocycles. The Kier molecular flexibility index (Phi) is 2.23. The van der Waals surface area contributed by atoms with Crippen molar-refractivity contribution >= 4 is 16.9 Å². The number of nitrogens with one attached hydrogen (secondary N) is 1. The number of halogens is 1. The second-order valence-corrected chi connectivity index (χ2v) is 3.45. The average Bonchev–Trinajstić information content (AvgIpc) is 2.23. The lowest BCUT2D eigenvalue weighted by molar-refractivity contribution is 0.0690. The van der Waals surface area contributed by atoms with Crippen molar-refractivity contribution in [2.24, 2.45) is 0 Å². The molecule has 5 heteroatoms. The molecule has 2 aromatic rings. The van der Waals surface area contributed by atoms with E-state index in [0.717, 1.165) is 6.07 Å². The predicted molar refractivity (Wildman–Crippen MR) is 56.2 cm³/mol. The van der Waals surface area contributed by atoms with E-state index in [2.05, 4.69) is 4.98 Å². The molecule has 0 aliphatic carbocycles. The van der Waals surface area contributed by atoms with Gasteiger partial charge in [-0.05, 0) is 25.1 Å². The van der Waals surface area contributed by atoms with Crippen molar-refractivity contribution in [1.29, 1.82) is 0 Å². The molecule has 0 saturated carbocycles. The van der Waals surface area contributed by atoms with Crippen LogP contribution in [-0.2, 0) is 0 Å². The zero-order valence-electron chi connectivity index (χ0n) is 8.37. The number of carboxylic acids is 1. The van der Waals surface area contributed by atoms with Crippen molar-refractivity contribution in [2.75, 3.05) is 0 Å². The summed E-state index contributed by atoms with van der Waals surface area (Å²) in [5.74, 6) is -1.73. The summed E-state index contributed by atoms with van der Waals surface area (Å²) in [5, 5.41) is 9.02. The number of hydrogen-bond acceptors (Lipinski definition) is 2. The van der Waals surface area contributed by atoms with Crippen LogP contribution in [0.5, 0.6) is 0 Å². The first kappa shape index (κ1) is 10.4. The van der Waals surface area contributed by atoms with E-state index in [-0.39, 0.29) is 16.6 Å². The molecule has 0 amide bonds. The van der Waals surface area contributed by atoms with Gasteiger partial charge >= 0.3 is 5.97 Å². The first-order chi connectivity index (χ1) is 7.50. The van der Waals surface area contributed by atoms with Gasteiger partial charge in [-0.2, -0.15) is 0 Å². The molecule has 82 valence electrons. The summed E-state index contributed by atoms with van der Waals surface area (Å²) in [6.45, 7) is 1.40. The second kappa shape index (κ2) is 3.44. The average molecular weight is 221 g/mol. The largest absolute Gasteiger partial charge is 0.477 e. The van der Waals surface area contributed by atoms with Crippen LogP contribution < -0.4 is 5.43 Å². The lowest BCUT2D eigenvalue weighted by Gasteiger charge is -2.04. The minimum absolute atomic E-state index is 0.0746. The number of benzene rings is 1. The minimum Gasteiger partial charge on any atom is -0.477 e. The molecule has 16 heavy (non-hydrogen) atoms. The van der Waals surface area contributed by atoms with E-state index in [9.17, 15) is 14.0 Å². The van der Waals surface area contributed by atoms with E-state index in [4.69, 9.17) is 5.11 Å². The first-order valence-electron chi connectivity index (χ1n) is 4.56. The van der Waals surface area contributed by atoms with Gasteiger partial charge in [0.2, 0.25) is 0 Å². The van der Waals surface area contributed by atoms with Gasteiger partial charge in [0.15, 0.2) is 5.43 Å². The summed E-state index contributed by atoms with van der Waals surface area (Å²) in [7, 11) is 0. The molecule has 1 aromatic heterocycles. The first-order valence-corrected chi connectivity index (χ1v) is 4.56. The highest BCUT2D eigenvalue weighted by Crippen LogP contribution is 2.12. The fraction of sp³-hybridized carbons (Fsp3) is 0.0909. The molecular weight excluding hydrogens is 213 g/mol. The molecule has 2 N–H and O–H groups in total. The van der Waals surface area contributed by atoms with E-state index in [1.165, 1.54) is 19.1 Å². The highest BCUT2D eigenvalue weighted by molar-refractivity contribution is 5.91. The summed E-state index contributed by atoms with van der Waals surface area (Å²) in [6, 6.07) is 3.60. The Morgan fingerprint density at radius 2 is 2.12 bits per heavy atom. The molecule has 0 aliphatic rings. The van der Waals surface area contributed by atoms with Crippen LogP contribution in [0.15, 0.2) is 23.0 Å². The van der Waals surface area contributed by atoms with Gasteiger partial charge < -0.3 is 10.1 Å². The summed E-state index contributed by atoms with van der Waals surface area (Å²) in [5.41, 5.74) is -0.241. The third-order valence-electron chi connectivity index (χ3n) is 2.42. The number of aromatic amines is 1. The van der Waals surface area contributed by atoms with Gasteiger partial charge in [-0.15, -0.1) is 0 Å². The van der Waals surface area contributed by atoms with Crippen molar-refractivity contribution in [3.8, 4) is 0 Å². The van der Waals surface area contributed by atoms with Gasteiger partial charge in [0.1, 0.15) is 11.5 Å². The van der Waals surface area contributed by atoms with Crippen molar-refractivity contribution in [3.05, 3.63) is 45.5 Å². The maximum absolute atomic E-state index is 12.9. The smallest absolute Gasteiger partial charge is 0.352 e. The normalized spacial score (nSPS) is 10.6. The molecule has 0 unspecified atom stereocenters. The fourth-order valence-electron chi connectivity index (χ4n) is 1.57. The van der Waals surface area contributed by atoms with Crippen LogP contribution in [-0.4, -0.2) is 16.1 Å². The number of carboxylic acid groups (broad SMARTS) is 1. The topological polar surface area (TPSA) is 70.2 Å². The molecule has 0 spiro atoms. The second-order valence-electron chi connectivity index (χ2n) is 3.45. The molecule has 1 heterocycles. The molecule has 0 saturated heterocycles. The highest BCUT2D eigenvalue weighted by atomic mass is 19.1. The van der Waals surface area contributed by atoms with Crippen LogP contribution in [0.4, 0.5) is 4.39 Å². The summed E-state index contributed by atoms with van der Waals surface area (Å²) in [6.07, 6.45) is 0. The lowest BCUT2D eigenvalue weighted by Crippen LogP contribution is -2.15. The zero-order chi connectivity index (χ0) is 11.9. The lowest BCUT2D eigenvalue weighted by atomic mass is 10.1. The quantitative estimate of drug-likeness (QED) is 0.769. The number of pyridine rings is 1. The van der Waals surface area contributed by atoms with Crippen LogP contribution in [0, 0.1) is 12.7 Å². The van der Waals surface area contributed by atoms with E-state index >= 15 is 0 Å². The molecule has 2 rings (SSSR count). The summed E-state index contributed by atoms with van der Waals surface area (Å²) >= 11 is 0. The van der Waals surface area contributed by atoms with Crippen LogP contribution >= 0.6 is 0 Å². The Labute approximate surface area is 89.3 Å². The molecule has 0 fully saturated rings. The SMILES string of the molecule is Cc1c(C(=O)O)[nH]c2ccc(F)cc2c1=O.